The van der Waals surface area contributed by atoms with Gasteiger partial charge in [-0.3, -0.25) is 0 Å². The van der Waals surface area contributed by atoms with Gasteiger partial charge < -0.3 is 10.5 Å². The summed E-state index contributed by atoms with van der Waals surface area (Å²) in [5.41, 5.74) is 13.9. The Hall–Kier alpha value is -1.80. The highest BCUT2D eigenvalue weighted by molar-refractivity contribution is 5.51. The molecule has 0 radical (unpaired) electrons. The van der Waals surface area contributed by atoms with Crippen molar-refractivity contribution < 1.29 is 4.74 Å². The minimum atomic E-state index is -0.162. The second-order valence-corrected chi connectivity index (χ2v) is 5.39. The third kappa shape index (κ3) is 2.44. The average molecular weight is 269 g/mol. The number of hydrogen-bond donors (Lipinski definition) is 1. The van der Waals surface area contributed by atoms with E-state index < -0.39 is 0 Å². The summed E-state index contributed by atoms with van der Waals surface area (Å²) in [6.07, 6.45) is 0. The first-order chi connectivity index (χ1) is 9.47. The van der Waals surface area contributed by atoms with Crippen LogP contribution < -0.4 is 10.5 Å². The van der Waals surface area contributed by atoms with Gasteiger partial charge in [-0.1, -0.05) is 24.3 Å². The van der Waals surface area contributed by atoms with Crippen LogP contribution in [-0.4, -0.2) is 7.11 Å². The summed E-state index contributed by atoms with van der Waals surface area (Å²) >= 11 is 0. The van der Waals surface area contributed by atoms with Gasteiger partial charge in [-0.25, -0.2) is 0 Å². The van der Waals surface area contributed by atoms with Crippen molar-refractivity contribution in [3.63, 3.8) is 0 Å². The van der Waals surface area contributed by atoms with Gasteiger partial charge in [-0.2, -0.15) is 0 Å². The molecule has 0 saturated heterocycles. The van der Waals surface area contributed by atoms with E-state index in [1.807, 2.05) is 24.3 Å². The van der Waals surface area contributed by atoms with Gasteiger partial charge in [0, 0.05) is 5.56 Å². The molecule has 0 aliphatic heterocycles. The van der Waals surface area contributed by atoms with E-state index in [0.29, 0.717) is 0 Å². The van der Waals surface area contributed by atoms with Crippen molar-refractivity contribution in [3.05, 3.63) is 63.7 Å². The van der Waals surface area contributed by atoms with E-state index in [0.717, 1.165) is 11.3 Å². The number of aryl methyl sites for hydroxylation is 2. The van der Waals surface area contributed by atoms with Crippen LogP contribution in [0.25, 0.3) is 0 Å². The summed E-state index contributed by atoms with van der Waals surface area (Å²) in [5.74, 6) is 0.845. The van der Waals surface area contributed by atoms with Crippen molar-refractivity contribution >= 4 is 0 Å². The lowest BCUT2D eigenvalue weighted by molar-refractivity contribution is 0.408. The van der Waals surface area contributed by atoms with Crippen LogP contribution in [0.3, 0.4) is 0 Å². The highest BCUT2D eigenvalue weighted by Gasteiger charge is 2.19. The number of ether oxygens (including phenoxy) is 1. The van der Waals surface area contributed by atoms with Crippen molar-refractivity contribution in [1.82, 2.24) is 0 Å². The van der Waals surface area contributed by atoms with E-state index in [1.54, 1.807) is 7.11 Å². The molecule has 0 bridgehead atoms. The Labute approximate surface area is 121 Å². The second-order valence-electron chi connectivity index (χ2n) is 5.39. The molecule has 0 fully saturated rings. The lowest BCUT2D eigenvalue weighted by Gasteiger charge is -2.22. The predicted octanol–water partition coefficient (Wildman–Crippen LogP) is 3.98. The maximum atomic E-state index is 6.55. The largest absolute Gasteiger partial charge is 0.496 e. The molecule has 20 heavy (non-hydrogen) atoms. The van der Waals surface area contributed by atoms with Crippen LogP contribution in [0.1, 0.15) is 39.4 Å². The third-order valence-corrected chi connectivity index (χ3v) is 4.21. The lowest BCUT2D eigenvalue weighted by Crippen LogP contribution is -2.17. The number of methoxy groups -OCH3 is 1. The molecule has 1 atom stereocenters. The smallest absolute Gasteiger partial charge is 0.123 e. The van der Waals surface area contributed by atoms with Crippen LogP contribution >= 0.6 is 0 Å². The molecule has 0 aromatic heterocycles. The summed E-state index contributed by atoms with van der Waals surface area (Å²) in [7, 11) is 1.69. The zero-order valence-corrected chi connectivity index (χ0v) is 12.9. The van der Waals surface area contributed by atoms with Crippen LogP contribution in [0.5, 0.6) is 5.75 Å². The number of nitrogens with two attached hydrogens (primary N) is 1. The van der Waals surface area contributed by atoms with Gasteiger partial charge in [0.05, 0.1) is 13.2 Å². The van der Waals surface area contributed by atoms with Gasteiger partial charge in [-0.15, -0.1) is 0 Å². The maximum absolute atomic E-state index is 6.55. The van der Waals surface area contributed by atoms with Crippen LogP contribution in [0.4, 0.5) is 0 Å². The molecule has 0 aliphatic rings. The van der Waals surface area contributed by atoms with Gasteiger partial charge >= 0.3 is 0 Å². The van der Waals surface area contributed by atoms with E-state index in [4.69, 9.17) is 10.5 Å². The molecular weight excluding hydrogens is 246 g/mol. The SMILES string of the molecule is COc1ccccc1C(N)c1c(C)c(C)cc(C)c1C. The van der Waals surface area contributed by atoms with Crippen molar-refractivity contribution in [2.24, 2.45) is 5.73 Å². The maximum Gasteiger partial charge on any atom is 0.123 e. The van der Waals surface area contributed by atoms with Crippen molar-refractivity contribution in [2.75, 3.05) is 7.11 Å². The van der Waals surface area contributed by atoms with Crippen molar-refractivity contribution in [1.29, 1.82) is 0 Å². The Morgan fingerprint density at radius 1 is 0.950 bits per heavy atom. The first kappa shape index (κ1) is 14.6. The summed E-state index contributed by atoms with van der Waals surface area (Å²) < 4.78 is 5.45. The molecule has 0 aliphatic carbocycles. The summed E-state index contributed by atoms with van der Waals surface area (Å²) in [6.45, 7) is 8.57. The number of para-hydroxylation sites is 1. The molecule has 0 saturated carbocycles. The highest BCUT2D eigenvalue weighted by atomic mass is 16.5. The Morgan fingerprint density at radius 2 is 1.50 bits per heavy atom. The summed E-state index contributed by atoms with van der Waals surface area (Å²) in [6, 6.07) is 10.0. The van der Waals surface area contributed by atoms with Gasteiger partial charge in [-0.05, 0) is 61.6 Å². The molecule has 0 spiro atoms. The van der Waals surface area contributed by atoms with E-state index in [-0.39, 0.29) is 6.04 Å². The topological polar surface area (TPSA) is 35.2 Å². The standard InChI is InChI=1S/C18H23NO/c1-11-10-12(2)14(4)17(13(11)3)18(19)15-8-6-7-9-16(15)20-5/h6-10,18H,19H2,1-5H3. The molecule has 2 aromatic rings. The monoisotopic (exact) mass is 269 g/mol. The number of hydrogen-bond acceptors (Lipinski definition) is 2. The minimum absolute atomic E-state index is 0.162. The normalized spacial score (nSPS) is 12.3. The Kier molecular flexibility index (Phi) is 4.15. The van der Waals surface area contributed by atoms with E-state index in [1.165, 1.54) is 27.8 Å². The molecule has 2 nitrogen and oxygen atoms in total. The van der Waals surface area contributed by atoms with Gasteiger partial charge in [0.15, 0.2) is 0 Å². The first-order valence-corrected chi connectivity index (χ1v) is 6.93. The van der Waals surface area contributed by atoms with Crippen LogP contribution in [0.15, 0.2) is 30.3 Å². The van der Waals surface area contributed by atoms with Gasteiger partial charge in [0.1, 0.15) is 5.75 Å². The molecular formula is C18H23NO. The fourth-order valence-corrected chi connectivity index (χ4v) is 2.79. The van der Waals surface area contributed by atoms with Crippen molar-refractivity contribution in [3.8, 4) is 5.75 Å². The number of rotatable bonds is 3. The van der Waals surface area contributed by atoms with E-state index in [2.05, 4.69) is 33.8 Å². The van der Waals surface area contributed by atoms with Gasteiger partial charge in [0.2, 0.25) is 0 Å². The fourth-order valence-electron chi connectivity index (χ4n) is 2.79. The average Bonchev–Trinajstić information content (AvgIpc) is 2.45. The molecule has 1 unspecified atom stereocenters. The molecule has 2 rings (SSSR count). The van der Waals surface area contributed by atoms with Crippen molar-refractivity contribution in [2.45, 2.75) is 33.7 Å². The van der Waals surface area contributed by atoms with Gasteiger partial charge in [0.25, 0.3) is 0 Å². The summed E-state index contributed by atoms with van der Waals surface area (Å²) in [5, 5.41) is 0. The lowest BCUT2D eigenvalue weighted by atomic mass is 9.87. The third-order valence-electron chi connectivity index (χ3n) is 4.21. The number of benzene rings is 2. The van der Waals surface area contributed by atoms with E-state index >= 15 is 0 Å². The fraction of sp³-hybridized carbons (Fsp3) is 0.333. The predicted molar refractivity (Wildman–Crippen MR) is 84.4 cm³/mol. The Balaban J connectivity index is 2.62. The second kappa shape index (κ2) is 5.68. The highest BCUT2D eigenvalue weighted by Crippen LogP contribution is 2.33. The molecule has 2 heteroatoms. The molecule has 2 N–H and O–H groups in total. The summed E-state index contributed by atoms with van der Waals surface area (Å²) in [4.78, 5) is 0. The molecule has 106 valence electrons. The van der Waals surface area contributed by atoms with Crippen LogP contribution in [0.2, 0.25) is 0 Å². The first-order valence-electron chi connectivity index (χ1n) is 6.93. The molecule has 2 aromatic carbocycles. The Bertz CT molecular complexity index is 605. The Morgan fingerprint density at radius 3 is 2.05 bits per heavy atom. The van der Waals surface area contributed by atoms with E-state index in [9.17, 15) is 0 Å². The zero-order valence-electron chi connectivity index (χ0n) is 12.9. The quantitative estimate of drug-likeness (QED) is 0.914. The van der Waals surface area contributed by atoms with Crippen LogP contribution in [0, 0.1) is 27.7 Å². The van der Waals surface area contributed by atoms with Crippen LogP contribution in [-0.2, 0) is 0 Å². The minimum Gasteiger partial charge on any atom is -0.496 e. The molecule has 0 amide bonds. The zero-order chi connectivity index (χ0) is 14.9. The molecule has 0 heterocycles.